The number of carbonyl (C=O) groups excluding carboxylic acids is 2. The molecule has 2 amide bonds. The van der Waals surface area contributed by atoms with Crippen molar-refractivity contribution in [1.82, 2.24) is 14.8 Å². The molecule has 0 unspecified atom stereocenters. The Balaban J connectivity index is 1.79. The van der Waals surface area contributed by atoms with Crippen molar-refractivity contribution in [3.63, 3.8) is 0 Å². The summed E-state index contributed by atoms with van der Waals surface area (Å²) in [5.74, 6) is -0.263. The average Bonchev–Trinajstić information content (AvgIpc) is 3.27. The van der Waals surface area contributed by atoms with Gasteiger partial charge in [0.05, 0.1) is 12.1 Å². The van der Waals surface area contributed by atoms with Crippen LogP contribution < -0.4 is 0 Å². The smallest absolute Gasteiger partial charge is 0.361 e. The van der Waals surface area contributed by atoms with E-state index in [-0.39, 0.29) is 24.9 Å². The summed E-state index contributed by atoms with van der Waals surface area (Å²) in [5, 5.41) is 1.07. The zero-order chi connectivity index (χ0) is 26.1. The Morgan fingerprint density at radius 3 is 2.28 bits per heavy atom. The fraction of sp³-hybridized carbons (Fsp3) is 0.429. The summed E-state index contributed by atoms with van der Waals surface area (Å²) in [5.41, 5.74) is 1.94. The Morgan fingerprint density at radius 1 is 0.889 bits per heavy atom. The van der Waals surface area contributed by atoms with Crippen molar-refractivity contribution in [2.75, 3.05) is 19.6 Å². The monoisotopic (exact) mass is 501 g/mol. The summed E-state index contributed by atoms with van der Waals surface area (Å²) < 4.78 is 39.0. The van der Waals surface area contributed by atoms with Crippen molar-refractivity contribution >= 4 is 22.7 Å². The molecule has 8 heteroatoms. The number of carbonyl (C=O) groups is 2. The van der Waals surface area contributed by atoms with E-state index in [4.69, 9.17) is 0 Å². The second kappa shape index (κ2) is 12.6. The van der Waals surface area contributed by atoms with E-state index in [1.807, 2.05) is 44.3 Å². The Morgan fingerprint density at radius 2 is 1.61 bits per heavy atom. The van der Waals surface area contributed by atoms with Crippen LogP contribution >= 0.6 is 0 Å². The highest BCUT2D eigenvalue weighted by atomic mass is 19.4. The van der Waals surface area contributed by atoms with Crippen LogP contribution in [0.3, 0.4) is 0 Å². The lowest BCUT2D eigenvalue weighted by molar-refractivity contribution is -0.141. The third-order valence-corrected chi connectivity index (χ3v) is 6.26. The lowest BCUT2D eigenvalue weighted by Crippen LogP contribution is -2.43. The Hall–Kier alpha value is -3.29. The molecule has 3 rings (SSSR count). The molecular weight excluding hydrogens is 467 g/mol. The second-order valence-corrected chi connectivity index (χ2v) is 9.04. The first-order valence-corrected chi connectivity index (χ1v) is 12.5. The maximum absolute atomic E-state index is 13.4. The molecule has 0 bridgehead atoms. The molecule has 5 nitrogen and oxygen atoms in total. The molecule has 0 aliphatic carbocycles. The number of H-pyrrole nitrogens is 1. The van der Waals surface area contributed by atoms with Crippen LogP contribution in [0.15, 0.2) is 54.7 Å². The zero-order valence-electron chi connectivity index (χ0n) is 20.9. The maximum Gasteiger partial charge on any atom is 0.416 e. The molecule has 0 saturated heterocycles. The fourth-order valence-electron chi connectivity index (χ4n) is 4.18. The van der Waals surface area contributed by atoms with E-state index in [1.165, 1.54) is 12.1 Å². The van der Waals surface area contributed by atoms with Gasteiger partial charge in [-0.2, -0.15) is 13.2 Å². The zero-order valence-corrected chi connectivity index (χ0v) is 20.9. The molecule has 0 aliphatic rings. The summed E-state index contributed by atoms with van der Waals surface area (Å²) in [4.78, 5) is 32.5. The van der Waals surface area contributed by atoms with Gasteiger partial charge in [-0.25, -0.2) is 0 Å². The van der Waals surface area contributed by atoms with Crippen molar-refractivity contribution in [3.05, 3.63) is 71.4 Å². The van der Waals surface area contributed by atoms with E-state index >= 15 is 0 Å². The maximum atomic E-state index is 13.4. The van der Waals surface area contributed by atoms with E-state index in [0.717, 1.165) is 41.4 Å². The van der Waals surface area contributed by atoms with E-state index in [9.17, 15) is 22.8 Å². The highest BCUT2D eigenvalue weighted by Gasteiger charge is 2.30. The predicted molar refractivity (Wildman–Crippen MR) is 135 cm³/mol. The molecule has 1 heterocycles. The minimum atomic E-state index is -4.41. The van der Waals surface area contributed by atoms with Crippen LogP contribution in [0, 0.1) is 0 Å². The van der Waals surface area contributed by atoms with Crippen LogP contribution in [0.1, 0.15) is 56.2 Å². The standard InChI is InChI=1S/C28H34F3N3O2/c1-3-5-16-33(26(35)8-4-2)20-27(36)34(19-21-11-13-23(14-12-21)28(29,30)31)17-15-22-18-32-25-10-7-6-9-24(22)25/h6-7,9-14,18,32H,3-5,8,15-17,19-20H2,1-2H3. The van der Waals surface area contributed by atoms with Gasteiger partial charge < -0.3 is 14.8 Å². The number of amides is 2. The summed E-state index contributed by atoms with van der Waals surface area (Å²) in [6, 6.07) is 12.8. The van der Waals surface area contributed by atoms with Gasteiger partial charge in [-0.3, -0.25) is 9.59 Å². The van der Waals surface area contributed by atoms with Gasteiger partial charge in [-0.15, -0.1) is 0 Å². The summed E-state index contributed by atoms with van der Waals surface area (Å²) in [7, 11) is 0. The van der Waals surface area contributed by atoms with Crippen LogP contribution in [0.4, 0.5) is 13.2 Å². The van der Waals surface area contributed by atoms with Crippen LogP contribution in [0.5, 0.6) is 0 Å². The Kier molecular flexibility index (Phi) is 9.56. The van der Waals surface area contributed by atoms with Gasteiger partial charge in [-0.05, 0) is 48.6 Å². The number of para-hydroxylation sites is 1. The molecule has 2 aromatic carbocycles. The Bertz CT molecular complexity index is 1140. The van der Waals surface area contributed by atoms with E-state index in [0.29, 0.717) is 37.9 Å². The second-order valence-electron chi connectivity index (χ2n) is 9.04. The van der Waals surface area contributed by atoms with Crippen LogP contribution in [-0.4, -0.2) is 46.2 Å². The molecule has 0 spiro atoms. The number of alkyl halides is 3. The number of nitrogens with one attached hydrogen (secondary N) is 1. The molecule has 1 aromatic heterocycles. The van der Waals surface area contributed by atoms with Gasteiger partial charge in [0.2, 0.25) is 11.8 Å². The van der Waals surface area contributed by atoms with E-state index < -0.39 is 11.7 Å². The predicted octanol–water partition coefficient (Wildman–Crippen LogP) is 6.19. The third kappa shape index (κ3) is 7.35. The lowest BCUT2D eigenvalue weighted by Gasteiger charge is -2.28. The quantitative estimate of drug-likeness (QED) is 0.322. The van der Waals surface area contributed by atoms with Crippen LogP contribution in [0.2, 0.25) is 0 Å². The molecule has 194 valence electrons. The van der Waals surface area contributed by atoms with Crippen molar-refractivity contribution in [2.24, 2.45) is 0 Å². The number of halogens is 3. The highest BCUT2D eigenvalue weighted by Crippen LogP contribution is 2.29. The first kappa shape index (κ1) is 27.3. The van der Waals surface area contributed by atoms with Gasteiger partial charge in [0.15, 0.2) is 0 Å². The number of hydrogen-bond acceptors (Lipinski definition) is 2. The molecule has 0 radical (unpaired) electrons. The van der Waals surface area contributed by atoms with Crippen LogP contribution in [0.25, 0.3) is 10.9 Å². The molecule has 1 N–H and O–H groups in total. The van der Waals surface area contributed by atoms with E-state index in [1.54, 1.807) is 9.80 Å². The third-order valence-electron chi connectivity index (χ3n) is 6.26. The summed E-state index contributed by atoms with van der Waals surface area (Å²) in [6.45, 7) is 4.98. The molecule has 0 atom stereocenters. The molecular formula is C28H34F3N3O2. The van der Waals surface area contributed by atoms with Crippen molar-refractivity contribution in [2.45, 2.75) is 58.7 Å². The van der Waals surface area contributed by atoms with Gasteiger partial charge in [0.25, 0.3) is 0 Å². The SMILES string of the molecule is CCCCN(CC(=O)N(CCc1c[nH]c2ccccc12)Cc1ccc(C(F)(F)F)cc1)C(=O)CCC. The largest absolute Gasteiger partial charge is 0.416 e. The van der Waals surface area contributed by atoms with Gasteiger partial charge in [-0.1, -0.05) is 50.6 Å². The number of aromatic amines is 1. The van der Waals surface area contributed by atoms with Gasteiger partial charge in [0.1, 0.15) is 0 Å². The topological polar surface area (TPSA) is 56.4 Å². The van der Waals surface area contributed by atoms with Crippen molar-refractivity contribution in [3.8, 4) is 0 Å². The number of aromatic nitrogens is 1. The number of unbranched alkanes of at least 4 members (excludes halogenated alkanes) is 1. The first-order chi connectivity index (χ1) is 17.2. The summed E-state index contributed by atoms with van der Waals surface area (Å²) >= 11 is 0. The van der Waals surface area contributed by atoms with E-state index in [2.05, 4.69) is 4.98 Å². The number of fused-ring (bicyclic) bond motifs is 1. The minimum absolute atomic E-state index is 0.0344. The van der Waals surface area contributed by atoms with Crippen molar-refractivity contribution < 1.29 is 22.8 Å². The molecule has 0 saturated carbocycles. The minimum Gasteiger partial charge on any atom is -0.361 e. The Labute approximate surface area is 210 Å². The molecule has 3 aromatic rings. The van der Waals surface area contributed by atoms with Crippen molar-refractivity contribution in [1.29, 1.82) is 0 Å². The fourth-order valence-corrected chi connectivity index (χ4v) is 4.18. The normalized spacial score (nSPS) is 11.6. The van der Waals surface area contributed by atoms with Crippen LogP contribution in [-0.2, 0) is 28.7 Å². The van der Waals surface area contributed by atoms with Gasteiger partial charge in [0, 0.05) is 43.2 Å². The highest BCUT2D eigenvalue weighted by molar-refractivity contribution is 5.85. The summed E-state index contributed by atoms with van der Waals surface area (Å²) in [6.07, 6.45) is 0.869. The average molecular weight is 502 g/mol. The molecule has 0 fully saturated rings. The molecule has 36 heavy (non-hydrogen) atoms. The number of nitrogens with zero attached hydrogens (tertiary/aromatic N) is 2. The number of hydrogen-bond donors (Lipinski definition) is 1. The molecule has 0 aliphatic heterocycles. The first-order valence-electron chi connectivity index (χ1n) is 12.5. The number of rotatable bonds is 12. The lowest BCUT2D eigenvalue weighted by atomic mass is 10.1. The van der Waals surface area contributed by atoms with Gasteiger partial charge >= 0.3 is 6.18 Å². The number of benzene rings is 2.